The Hall–Kier alpha value is -1.31. The Balaban J connectivity index is 2.14. The van der Waals surface area contributed by atoms with E-state index in [1.165, 1.54) is 5.56 Å². The number of hydrogen-bond donors (Lipinski definition) is 0. The molecule has 1 amide bonds. The SMILES string of the molecule is CC(C)c1ccc(C(=O)N2CCCC2C)cc1. The molecule has 0 saturated carbocycles. The van der Waals surface area contributed by atoms with Crippen LogP contribution in [0.4, 0.5) is 0 Å². The summed E-state index contributed by atoms with van der Waals surface area (Å²) in [7, 11) is 0. The Bertz CT molecular complexity index is 394. The molecule has 1 heterocycles. The summed E-state index contributed by atoms with van der Waals surface area (Å²) < 4.78 is 0. The Labute approximate surface area is 104 Å². The summed E-state index contributed by atoms with van der Waals surface area (Å²) in [6.07, 6.45) is 2.27. The fraction of sp³-hybridized carbons (Fsp3) is 0.533. The number of benzene rings is 1. The van der Waals surface area contributed by atoms with Crippen LogP contribution in [0.15, 0.2) is 24.3 Å². The minimum Gasteiger partial charge on any atom is -0.336 e. The Morgan fingerprint density at radius 3 is 2.41 bits per heavy atom. The molecule has 0 radical (unpaired) electrons. The van der Waals surface area contributed by atoms with Gasteiger partial charge in [0.1, 0.15) is 0 Å². The minimum atomic E-state index is 0.185. The van der Waals surface area contributed by atoms with Gasteiger partial charge < -0.3 is 4.90 Å². The highest BCUT2D eigenvalue weighted by Crippen LogP contribution is 2.21. The van der Waals surface area contributed by atoms with Gasteiger partial charge in [-0.1, -0.05) is 26.0 Å². The summed E-state index contributed by atoms with van der Waals surface area (Å²) in [5.41, 5.74) is 2.11. The lowest BCUT2D eigenvalue weighted by atomic mass is 10.0. The second-order valence-electron chi connectivity index (χ2n) is 5.27. The lowest BCUT2D eigenvalue weighted by molar-refractivity contribution is 0.0747. The van der Waals surface area contributed by atoms with Crippen LogP contribution >= 0.6 is 0 Å². The molecule has 1 fully saturated rings. The van der Waals surface area contributed by atoms with Crippen molar-refractivity contribution in [1.82, 2.24) is 4.90 Å². The van der Waals surface area contributed by atoms with E-state index < -0.39 is 0 Å². The van der Waals surface area contributed by atoms with Gasteiger partial charge in [0.2, 0.25) is 0 Å². The Kier molecular flexibility index (Phi) is 3.51. The van der Waals surface area contributed by atoms with Gasteiger partial charge in [-0.2, -0.15) is 0 Å². The minimum absolute atomic E-state index is 0.185. The molecular weight excluding hydrogens is 210 g/mol. The monoisotopic (exact) mass is 231 g/mol. The van der Waals surface area contributed by atoms with E-state index in [1.807, 2.05) is 17.0 Å². The van der Waals surface area contributed by atoms with Gasteiger partial charge in [0.15, 0.2) is 0 Å². The van der Waals surface area contributed by atoms with Crippen molar-refractivity contribution in [3.63, 3.8) is 0 Å². The molecule has 0 spiro atoms. The van der Waals surface area contributed by atoms with Gasteiger partial charge in [0, 0.05) is 18.2 Å². The molecule has 17 heavy (non-hydrogen) atoms. The molecule has 1 aliphatic rings. The predicted octanol–water partition coefficient (Wildman–Crippen LogP) is 3.43. The molecule has 92 valence electrons. The maximum absolute atomic E-state index is 12.3. The zero-order valence-electron chi connectivity index (χ0n) is 10.9. The highest BCUT2D eigenvalue weighted by molar-refractivity contribution is 5.94. The van der Waals surface area contributed by atoms with Crippen LogP contribution in [-0.4, -0.2) is 23.4 Å². The molecule has 0 aromatic heterocycles. The van der Waals surface area contributed by atoms with Crippen molar-refractivity contribution in [2.75, 3.05) is 6.54 Å². The van der Waals surface area contributed by atoms with Crippen molar-refractivity contribution in [3.05, 3.63) is 35.4 Å². The third-order valence-electron chi connectivity index (χ3n) is 3.64. The zero-order chi connectivity index (χ0) is 12.4. The maximum Gasteiger partial charge on any atom is 0.254 e. The molecule has 1 aliphatic heterocycles. The molecule has 1 saturated heterocycles. The Morgan fingerprint density at radius 1 is 1.29 bits per heavy atom. The first-order chi connectivity index (χ1) is 8.09. The van der Waals surface area contributed by atoms with Gasteiger partial charge >= 0.3 is 0 Å². The van der Waals surface area contributed by atoms with Crippen LogP contribution in [-0.2, 0) is 0 Å². The van der Waals surface area contributed by atoms with Crippen LogP contribution in [0.25, 0.3) is 0 Å². The maximum atomic E-state index is 12.3. The van der Waals surface area contributed by atoms with E-state index in [1.54, 1.807) is 0 Å². The predicted molar refractivity (Wildman–Crippen MR) is 70.3 cm³/mol. The molecule has 1 atom stereocenters. The van der Waals surface area contributed by atoms with Gasteiger partial charge in [0.05, 0.1) is 0 Å². The highest BCUT2D eigenvalue weighted by Gasteiger charge is 2.25. The first-order valence-corrected chi connectivity index (χ1v) is 6.50. The normalized spacial score (nSPS) is 20.0. The van der Waals surface area contributed by atoms with E-state index in [0.29, 0.717) is 12.0 Å². The van der Waals surface area contributed by atoms with E-state index >= 15 is 0 Å². The molecule has 2 rings (SSSR count). The highest BCUT2D eigenvalue weighted by atomic mass is 16.2. The first-order valence-electron chi connectivity index (χ1n) is 6.50. The van der Waals surface area contributed by atoms with Crippen molar-refractivity contribution < 1.29 is 4.79 Å². The summed E-state index contributed by atoms with van der Waals surface area (Å²) >= 11 is 0. The Morgan fingerprint density at radius 2 is 1.94 bits per heavy atom. The van der Waals surface area contributed by atoms with Crippen LogP contribution < -0.4 is 0 Å². The first kappa shape index (κ1) is 12.2. The number of rotatable bonds is 2. The molecular formula is C15H21NO. The molecule has 1 aromatic carbocycles. The summed E-state index contributed by atoms with van der Waals surface area (Å²) in [6, 6.07) is 8.45. The third kappa shape index (κ3) is 2.51. The number of carbonyl (C=O) groups excluding carboxylic acids is 1. The van der Waals surface area contributed by atoms with Crippen LogP contribution in [0, 0.1) is 0 Å². The molecule has 1 aromatic rings. The van der Waals surface area contributed by atoms with Crippen LogP contribution in [0.3, 0.4) is 0 Å². The summed E-state index contributed by atoms with van der Waals surface area (Å²) in [5, 5.41) is 0. The molecule has 0 bridgehead atoms. The smallest absolute Gasteiger partial charge is 0.254 e. The van der Waals surface area contributed by atoms with Crippen molar-refractivity contribution in [1.29, 1.82) is 0 Å². The molecule has 1 unspecified atom stereocenters. The van der Waals surface area contributed by atoms with Crippen molar-refractivity contribution >= 4 is 5.91 Å². The lowest BCUT2D eigenvalue weighted by Gasteiger charge is -2.21. The van der Waals surface area contributed by atoms with E-state index in [9.17, 15) is 4.79 Å². The fourth-order valence-electron chi connectivity index (χ4n) is 2.41. The molecule has 2 nitrogen and oxygen atoms in total. The number of nitrogens with zero attached hydrogens (tertiary/aromatic N) is 1. The fourth-order valence-corrected chi connectivity index (χ4v) is 2.41. The topological polar surface area (TPSA) is 20.3 Å². The van der Waals surface area contributed by atoms with E-state index in [4.69, 9.17) is 0 Å². The second kappa shape index (κ2) is 4.91. The van der Waals surface area contributed by atoms with E-state index in [-0.39, 0.29) is 5.91 Å². The van der Waals surface area contributed by atoms with Gasteiger partial charge in [-0.05, 0) is 43.4 Å². The molecule has 2 heteroatoms. The lowest BCUT2D eigenvalue weighted by Crippen LogP contribution is -2.33. The number of amides is 1. The standard InChI is InChI=1S/C15H21NO/c1-11(2)13-6-8-14(9-7-13)15(17)16-10-4-5-12(16)3/h6-9,11-12H,4-5,10H2,1-3H3. The van der Waals surface area contributed by atoms with Gasteiger partial charge in [-0.3, -0.25) is 4.79 Å². The molecule has 0 N–H and O–H groups in total. The van der Waals surface area contributed by atoms with Crippen LogP contribution in [0.2, 0.25) is 0 Å². The van der Waals surface area contributed by atoms with Crippen LogP contribution in [0.1, 0.15) is 55.5 Å². The molecule has 0 aliphatic carbocycles. The van der Waals surface area contributed by atoms with Gasteiger partial charge in [-0.15, -0.1) is 0 Å². The number of likely N-dealkylation sites (tertiary alicyclic amines) is 1. The van der Waals surface area contributed by atoms with Crippen molar-refractivity contribution in [2.45, 2.75) is 45.6 Å². The van der Waals surface area contributed by atoms with Crippen molar-refractivity contribution in [3.8, 4) is 0 Å². The number of hydrogen-bond acceptors (Lipinski definition) is 1. The zero-order valence-corrected chi connectivity index (χ0v) is 10.9. The largest absolute Gasteiger partial charge is 0.336 e. The second-order valence-corrected chi connectivity index (χ2v) is 5.27. The third-order valence-corrected chi connectivity index (χ3v) is 3.64. The van der Waals surface area contributed by atoms with E-state index in [2.05, 4.69) is 32.9 Å². The average molecular weight is 231 g/mol. The quantitative estimate of drug-likeness (QED) is 0.763. The number of carbonyl (C=O) groups is 1. The van der Waals surface area contributed by atoms with E-state index in [0.717, 1.165) is 24.9 Å². The van der Waals surface area contributed by atoms with Gasteiger partial charge in [-0.25, -0.2) is 0 Å². The summed E-state index contributed by atoms with van der Waals surface area (Å²) in [6.45, 7) is 7.37. The van der Waals surface area contributed by atoms with Crippen LogP contribution in [0.5, 0.6) is 0 Å². The van der Waals surface area contributed by atoms with Gasteiger partial charge in [0.25, 0.3) is 5.91 Å². The summed E-state index contributed by atoms with van der Waals surface area (Å²) in [4.78, 5) is 14.3. The average Bonchev–Trinajstić information content (AvgIpc) is 2.74. The summed E-state index contributed by atoms with van der Waals surface area (Å²) in [5.74, 6) is 0.704. The van der Waals surface area contributed by atoms with Crippen molar-refractivity contribution in [2.24, 2.45) is 0 Å².